The Labute approximate surface area is 189 Å². The van der Waals surface area contributed by atoms with Gasteiger partial charge < -0.3 is 9.64 Å². The zero-order chi connectivity index (χ0) is 23.3. The molecule has 0 spiro atoms. The predicted molar refractivity (Wildman–Crippen MR) is 128 cm³/mol. The largest absolute Gasteiger partial charge is 0.494 e. The van der Waals surface area contributed by atoms with Gasteiger partial charge in [-0.1, -0.05) is 32.9 Å². The second kappa shape index (κ2) is 10.4. The van der Waals surface area contributed by atoms with Gasteiger partial charge in [-0.05, 0) is 62.6 Å². The fourth-order valence-corrected chi connectivity index (χ4v) is 3.81. The zero-order valence-electron chi connectivity index (χ0n) is 19.7. The number of nitrogens with zero attached hydrogens (tertiary/aromatic N) is 3. The molecule has 1 heterocycles. The molecule has 6 nitrogen and oxygen atoms in total. The minimum Gasteiger partial charge on any atom is -0.494 e. The van der Waals surface area contributed by atoms with Crippen molar-refractivity contribution in [2.24, 2.45) is 5.92 Å². The summed E-state index contributed by atoms with van der Waals surface area (Å²) in [6, 6.07) is 14.4. The summed E-state index contributed by atoms with van der Waals surface area (Å²) in [6.07, 6.45) is 1.29. The summed E-state index contributed by atoms with van der Waals surface area (Å²) in [5.41, 5.74) is 1.19. The summed E-state index contributed by atoms with van der Waals surface area (Å²) in [7, 11) is 0. The molecule has 3 aromatic rings. The summed E-state index contributed by atoms with van der Waals surface area (Å²) in [6.45, 7) is 11.2. The van der Waals surface area contributed by atoms with E-state index in [2.05, 4.69) is 13.8 Å². The molecule has 0 aliphatic heterocycles. The van der Waals surface area contributed by atoms with Gasteiger partial charge in [-0.2, -0.15) is 0 Å². The lowest BCUT2D eigenvalue weighted by Gasteiger charge is -2.31. The molecule has 1 atom stereocenters. The number of para-hydroxylation sites is 1. The van der Waals surface area contributed by atoms with Crippen LogP contribution < -0.4 is 10.3 Å². The minimum atomic E-state index is -0.356. The Hall–Kier alpha value is -3.15. The van der Waals surface area contributed by atoms with Crippen molar-refractivity contribution >= 4 is 16.8 Å². The average molecular weight is 436 g/mol. The number of aromatic nitrogens is 2. The maximum Gasteiger partial charge on any atom is 0.266 e. The molecule has 1 aromatic heterocycles. The van der Waals surface area contributed by atoms with Gasteiger partial charge in [0.25, 0.3) is 5.56 Å². The molecule has 0 aliphatic rings. The van der Waals surface area contributed by atoms with E-state index in [-0.39, 0.29) is 17.5 Å². The summed E-state index contributed by atoms with van der Waals surface area (Å²) in [5, 5.41) is 0.549. The zero-order valence-corrected chi connectivity index (χ0v) is 19.7. The van der Waals surface area contributed by atoms with Gasteiger partial charge in [-0.25, -0.2) is 4.98 Å². The molecule has 3 rings (SSSR count). The molecule has 1 unspecified atom stereocenters. The molecule has 0 radical (unpaired) electrons. The highest BCUT2D eigenvalue weighted by Crippen LogP contribution is 2.25. The Kier molecular flexibility index (Phi) is 7.67. The van der Waals surface area contributed by atoms with Crippen LogP contribution in [0.3, 0.4) is 0 Å². The van der Waals surface area contributed by atoms with Gasteiger partial charge in [0.15, 0.2) is 0 Å². The van der Waals surface area contributed by atoms with Crippen LogP contribution >= 0.6 is 0 Å². The SMILES string of the molecule is CCOc1ccc(-n2c(C(C)N(CCC(C)C)C(=O)CC)nc3ccccc3c2=O)cc1. The van der Waals surface area contributed by atoms with Crippen LogP contribution in [0.25, 0.3) is 16.6 Å². The summed E-state index contributed by atoms with van der Waals surface area (Å²) in [5.74, 6) is 1.82. The first-order valence-corrected chi connectivity index (χ1v) is 11.4. The van der Waals surface area contributed by atoms with Crippen LogP contribution in [-0.2, 0) is 4.79 Å². The molecule has 0 saturated heterocycles. The highest BCUT2D eigenvalue weighted by molar-refractivity contribution is 5.78. The number of carbonyl (C=O) groups is 1. The molecule has 170 valence electrons. The molecule has 6 heteroatoms. The lowest BCUT2D eigenvalue weighted by Crippen LogP contribution is -2.38. The number of carbonyl (C=O) groups excluding carboxylic acids is 1. The molecular weight excluding hydrogens is 402 g/mol. The van der Waals surface area contributed by atoms with E-state index in [9.17, 15) is 9.59 Å². The standard InChI is InChI=1S/C26H33N3O3/c1-6-24(30)28(17-16-18(3)4)19(5)25-27-23-11-9-8-10-22(23)26(31)29(25)20-12-14-21(15-13-20)32-7-2/h8-15,18-19H,6-7,16-17H2,1-5H3. The number of fused-ring (bicyclic) bond motifs is 1. The summed E-state index contributed by atoms with van der Waals surface area (Å²) >= 11 is 0. The van der Waals surface area contributed by atoms with Crippen molar-refractivity contribution < 1.29 is 9.53 Å². The number of hydrogen-bond donors (Lipinski definition) is 0. The first-order valence-electron chi connectivity index (χ1n) is 11.4. The molecule has 0 fully saturated rings. The van der Waals surface area contributed by atoms with Crippen LogP contribution in [0.15, 0.2) is 53.3 Å². The Morgan fingerprint density at radius 1 is 1.06 bits per heavy atom. The topological polar surface area (TPSA) is 64.4 Å². The van der Waals surface area contributed by atoms with Crippen molar-refractivity contribution in [3.8, 4) is 11.4 Å². The number of rotatable bonds is 9. The maximum atomic E-state index is 13.6. The van der Waals surface area contributed by atoms with Crippen LogP contribution in [0.1, 0.15) is 59.3 Å². The molecule has 0 bridgehead atoms. The monoisotopic (exact) mass is 435 g/mol. The normalized spacial score (nSPS) is 12.2. The van der Waals surface area contributed by atoms with Crippen molar-refractivity contribution in [1.29, 1.82) is 0 Å². The van der Waals surface area contributed by atoms with E-state index in [0.29, 0.717) is 47.9 Å². The molecular formula is C26H33N3O3. The van der Waals surface area contributed by atoms with E-state index in [1.807, 2.05) is 68.1 Å². The van der Waals surface area contributed by atoms with Gasteiger partial charge in [-0.15, -0.1) is 0 Å². The van der Waals surface area contributed by atoms with Crippen LogP contribution in [0, 0.1) is 5.92 Å². The highest BCUT2D eigenvalue weighted by atomic mass is 16.5. The van der Waals surface area contributed by atoms with Gasteiger partial charge in [0.2, 0.25) is 5.91 Å². The first-order chi connectivity index (χ1) is 15.4. The Bertz CT molecular complexity index is 1120. The van der Waals surface area contributed by atoms with Crippen LogP contribution in [0.4, 0.5) is 0 Å². The second-order valence-electron chi connectivity index (χ2n) is 8.35. The van der Waals surface area contributed by atoms with E-state index in [1.54, 1.807) is 10.6 Å². The molecule has 0 N–H and O–H groups in total. The second-order valence-corrected chi connectivity index (χ2v) is 8.35. The molecule has 32 heavy (non-hydrogen) atoms. The molecule has 2 aromatic carbocycles. The van der Waals surface area contributed by atoms with Crippen LogP contribution in [0.2, 0.25) is 0 Å². The van der Waals surface area contributed by atoms with E-state index >= 15 is 0 Å². The lowest BCUT2D eigenvalue weighted by molar-refractivity contribution is -0.133. The van der Waals surface area contributed by atoms with Gasteiger partial charge in [-0.3, -0.25) is 14.2 Å². The Balaban J connectivity index is 2.18. The molecule has 0 saturated carbocycles. The fraction of sp³-hybridized carbons (Fsp3) is 0.423. The number of benzene rings is 2. The van der Waals surface area contributed by atoms with E-state index < -0.39 is 0 Å². The minimum absolute atomic E-state index is 0.0544. The number of hydrogen-bond acceptors (Lipinski definition) is 4. The van der Waals surface area contributed by atoms with E-state index in [1.165, 1.54) is 0 Å². The van der Waals surface area contributed by atoms with Gasteiger partial charge in [0, 0.05) is 13.0 Å². The van der Waals surface area contributed by atoms with E-state index in [0.717, 1.165) is 12.2 Å². The summed E-state index contributed by atoms with van der Waals surface area (Å²) < 4.78 is 7.19. The predicted octanol–water partition coefficient (Wildman–Crippen LogP) is 5.13. The average Bonchev–Trinajstić information content (AvgIpc) is 2.79. The van der Waals surface area contributed by atoms with E-state index in [4.69, 9.17) is 9.72 Å². The summed E-state index contributed by atoms with van der Waals surface area (Å²) in [4.78, 5) is 33.2. The van der Waals surface area contributed by atoms with Gasteiger partial charge in [0.05, 0.1) is 29.2 Å². The Morgan fingerprint density at radius 3 is 2.38 bits per heavy atom. The van der Waals surface area contributed by atoms with Gasteiger partial charge >= 0.3 is 0 Å². The maximum absolute atomic E-state index is 13.6. The quantitative estimate of drug-likeness (QED) is 0.467. The Morgan fingerprint density at radius 2 is 1.75 bits per heavy atom. The third-order valence-corrected chi connectivity index (χ3v) is 5.62. The van der Waals surface area contributed by atoms with Crippen LogP contribution in [-0.4, -0.2) is 33.5 Å². The lowest BCUT2D eigenvalue weighted by atomic mass is 10.1. The van der Waals surface area contributed by atoms with Gasteiger partial charge in [0.1, 0.15) is 11.6 Å². The third-order valence-electron chi connectivity index (χ3n) is 5.62. The third kappa shape index (κ3) is 5.01. The van der Waals surface area contributed by atoms with Crippen LogP contribution in [0.5, 0.6) is 5.75 Å². The molecule has 1 amide bonds. The van der Waals surface area contributed by atoms with Crippen molar-refractivity contribution in [1.82, 2.24) is 14.5 Å². The van der Waals surface area contributed by atoms with Crippen molar-refractivity contribution in [2.75, 3.05) is 13.2 Å². The smallest absolute Gasteiger partial charge is 0.266 e. The molecule has 0 aliphatic carbocycles. The number of amides is 1. The first kappa shape index (κ1) is 23.5. The number of ether oxygens (including phenoxy) is 1. The van der Waals surface area contributed by atoms with Crippen molar-refractivity contribution in [3.05, 3.63) is 64.7 Å². The van der Waals surface area contributed by atoms with Crippen molar-refractivity contribution in [2.45, 2.75) is 53.5 Å². The highest BCUT2D eigenvalue weighted by Gasteiger charge is 2.26. The van der Waals surface area contributed by atoms with Crippen molar-refractivity contribution in [3.63, 3.8) is 0 Å². The fourth-order valence-electron chi connectivity index (χ4n) is 3.81.